The second-order valence-corrected chi connectivity index (χ2v) is 5.00. The van der Waals surface area contributed by atoms with Gasteiger partial charge in [0.25, 0.3) is 5.69 Å². The van der Waals surface area contributed by atoms with Gasteiger partial charge in [0, 0.05) is 17.7 Å². The fourth-order valence-electron chi connectivity index (χ4n) is 1.94. The minimum Gasteiger partial charge on any atom is -0.496 e. The van der Waals surface area contributed by atoms with Gasteiger partial charge in [-0.1, -0.05) is 18.2 Å². The lowest BCUT2D eigenvalue weighted by Gasteiger charge is -2.12. The molecule has 0 bridgehead atoms. The molecule has 0 aliphatic heterocycles. The van der Waals surface area contributed by atoms with Crippen molar-refractivity contribution < 1.29 is 9.66 Å². The van der Waals surface area contributed by atoms with Crippen LogP contribution in [0.15, 0.2) is 35.7 Å². The highest BCUT2D eigenvalue weighted by molar-refractivity contribution is 7.10. The van der Waals surface area contributed by atoms with E-state index in [4.69, 9.17) is 10.5 Å². The number of hydrogen-bond acceptors (Lipinski definition) is 5. The Hall–Kier alpha value is -1.92. The number of hydrogen-bond donors (Lipinski definition) is 1. The van der Waals surface area contributed by atoms with Crippen LogP contribution in [0.3, 0.4) is 0 Å². The minimum atomic E-state index is -0.381. The molecule has 0 amide bonds. The van der Waals surface area contributed by atoms with Crippen molar-refractivity contribution in [3.8, 4) is 5.75 Å². The van der Waals surface area contributed by atoms with Gasteiger partial charge < -0.3 is 10.5 Å². The maximum absolute atomic E-state index is 11.0. The first-order chi connectivity index (χ1) is 9.13. The molecule has 0 spiro atoms. The SMILES string of the molecule is COc1ccsc1C(N)Cc1ccccc1[N+](=O)[O-]. The molecule has 19 heavy (non-hydrogen) atoms. The summed E-state index contributed by atoms with van der Waals surface area (Å²) in [6, 6.07) is 8.20. The number of rotatable bonds is 5. The van der Waals surface area contributed by atoms with Crippen molar-refractivity contribution >= 4 is 17.0 Å². The number of nitro groups is 1. The van der Waals surface area contributed by atoms with Crippen molar-refractivity contribution in [2.24, 2.45) is 5.73 Å². The highest BCUT2D eigenvalue weighted by atomic mass is 32.1. The fourth-order valence-corrected chi connectivity index (χ4v) is 2.80. The molecule has 5 nitrogen and oxygen atoms in total. The zero-order valence-electron chi connectivity index (χ0n) is 10.4. The van der Waals surface area contributed by atoms with Crippen LogP contribution in [-0.2, 0) is 6.42 Å². The van der Waals surface area contributed by atoms with Gasteiger partial charge in [0.1, 0.15) is 5.75 Å². The van der Waals surface area contributed by atoms with Gasteiger partial charge >= 0.3 is 0 Å². The molecule has 6 heteroatoms. The first-order valence-corrected chi connectivity index (χ1v) is 6.60. The summed E-state index contributed by atoms with van der Waals surface area (Å²) in [7, 11) is 1.59. The number of nitro benzene ring substituents is 1. The van der Waals surface area contributed by atoms with Gasteiger partial charge in [-0.3, -0.25) is 10.1 Å². The van der Waals surface area contributed by atoms with Gasteiger partial charge in [0.15, 0.2) is 0 Å². The highest BCUT2D eigenvalue weighted by Crippen LogP contribution is 2.32. The monoisotopic (exact) mass is 278 g/mol. The average Bonchev–Trinajstić information content (AvgIpc) is 2.87. The quantitative estimate of drug-likeness (QED) is 0.673. The molecule has 2 N–H and O–H groups in total. The molecule has 0 radical (unpaired) electrons. The van der Waals surface area contributed by atoms with Crippen LogP contribution in [0.4, 0.5) is 5.69 Å². The normalized spacial score (nSPS) is 12.1. The first kappa shape index (κ1) is 13.5. The topological polar surface area (TPSA) is 78.4 Å². The lowest BCUT2D eigenvalue weighted by Crippen LogP contribution is -2.13. The number of nitrogens with zero attached hydrogens (tertiary/aromatic N) is 1. The van der Waals surface area contributed by atoms with E-state index >= 15 is 0 Å². The maximum Gasteiger partial charge on any atom is 0.272 e. The Labute approximate surface area is 114 Å². The smallest absolute Gasteiger partial charge is 0.272 e. The summed E-state index contributed by atoms with van der Waals surface area (Å²) in [5, 5.41) is 12.9. The highest BCUT2D eigenvalue weighted by Gasteiger charge is 2.19. The van der Waals surface area contributed by atoms with Crippen LogP contribution in [0, 0.1) is 10.1 Å². The number of benzene rings is 1. The van der Waals surface area contributed by atoms with E-state index in [1.165, 1.54) is 17.4 Å². The van der Waals surface area contributed by atoms with Crippen LogP contribution in [-0.4, -0.2) is 12.0 Å². The Morgan fingerprint density at radius 2 is 2.16 bits per heavy atom. The lowest BCUT2D eigenvalue weighted by atomic mass is 10.0. The Kier molecular flexibility index (Phi) is 4.13. The van der Waals surface area contributed by atoms with Crippen molar-refractivity contribution in [2.75, 3.05) is 7.11 Å². The van der Waals surface area contributed by atoms with Crippen LogP contribution in [0.1, 0.15) is 16.5 Å². The van der Waals surface area contributed by atoms with Crippen LogP contribution in [0.2, 0.25) is 0 Å². The van der Waals surface area contributed by atoms with Crippen molar-refractivity contribution in [3.63, 3.8) is 0 Å². The number of ether oxygens (including phenoxy) is 1. The molecule has 0 fully saturated rings. The molecule has 0 aliphatic rings. The fraction of sp³-hybridized carbons (Fsp3) is 0.231. The lowest BCUT2D eigenvalue weighted by molar-refractivity contribution is -0.385. The molecule has 0 saturated heterocycles. The van der Waals surface area contributed by atoms with Gasteiger partial charge in [-0.2, -0.15) is 0 Å². The van der Waals surface area contributed by atoms with Crippen molar-refractivity contribution in [1.29, 1.82) is 0 Å². The Morgan fingerprint density at radius 3 is 2.84 bits per heavy atom. The van der Waals surface area contributed by atoms with E-state index in [-0.39, 0.29) is 16.7 Å². The largest absolute Gasteiger partial charge is 0.496 e. The first-order valence-electron chi connectivity index (χ1n) is 5.72. The van der Waals surface area contributed by atoms with E-state index in [2.05, 4.69) is 0 Å². The molecule has 0 saturated carbocycles. The second-order valence-electron chi connectivity index (χ2n) is 4.05. The summed E-state index contributed by atoms with van der Waals surface area (Å²) in [5.41, 5.74) is 6.86. The molecule has 2 rings (SSSR count). The Balaban J connectivity index is 2.24. The maximum atomic E-state index is 11.0. The van der Waals surface area contributed by atoms with E-state index in [9.17, 15) is 10.1 Å². The molecule has 2 aromatic rings. The van der Waals surface area contributed by atoms with Gasteiger partial charge in [0.2, 0.25) is 0 Å². The van der Waals surface area contributed by atoms with Crippen molar-refractivity contribution in [2.45, 2.75) is 12.5 Å². The zero-order chi connectivity index (χ0) is 13.8. The van der Waals surface area contributed by atoms with Crippen LogP contribution < -0.4 is 10.5 Å². The molecule has 1 heterocycles. The van der Waals surface area contributed by atoms with Crippen LogP contribution in [0.5, 0.6) is 5.75 Å². The summed E-state index contributed by atoms with van der Waals surface area (Å²) >= 11 is 1.50. The molecule has 1 unspecified atom stereocenters. The summed E-state index contributed by atoms with van der Waals surface area (Å²) in [6.07, 6.45) is 0.411. The number of methoxy groups -OCH3 is 1. The van der Waals surface area contributed by atoms with Crippen molar-refractivity contribution in [3.05, 3.63) is 56.3 Å². The van der Waals surface area contributed by atoms with Gasteiger partial charge in [-0.25, -0.2) is 0 Å². The molecular formula is C13H14N2O3S. The van der Waals surface area contributed by atoms with E-state index in [1.54, 1.807) is 25.3 Å². The Morgan fingerprint density at radius 1 is 1.42 bits per heavy atom. The average molecular weight is 278 g/mol. The third-order valence-electron chi connectivity index (χ3n) is 2.84. The summed E-state index contributed by atoms with van der Waals surface area (Å²) < 4.78 is 5.22. The van der Waals surface area contributed by atoms with E-state index < -0.39 is 0 Å². The summed E-state index contributed by atoms with van der Waals surface area (Å²) in [6.45, 7) is 0. The molecule has 100 valence electrons. The van der Waals surface area contributed by atoms with Gasteiger partial charge in [0.05, 0.1) is 16.9 Å². The van der Waals surface area contributed by atoms with Crippen LogP contribution in [0.25, 0.3) is 0 Å². The third-order valence-corrected chi connectivity index (χ3v) is 3.87. The molecular weight excluding hydrogens is 264 g/mol. The van der Waals surface area contributed by atoms with E-state index in [1.807, 2.05) is 11.4 Å². The number of nitrogens with two attached hydrogens (primary N) is 1. The third kappa shape index (κ3) is 2.91. The molecule has 1 aromatic carbocycles. The molecule has 1 aromatic heterocycles. The van der Waals surface area contributed by atoms with Crippen molar-refractivity contribution in [1.82, 2.24) is 0 Å². The Bertz CT molecular complexity index is 583. The van der Waals surface area contributed by atoms with Gasteiger partial charge in [-0.05, 0) is 17.9 Å². The number of thiophene rings is 1. The van der Waals surface area contributed by atoms with Crippen LogP contribution >= 0.6 is 11.3 Å². The van der Waals surface area contributed by atoms with Gasteiger partial charge in [-0.15, -0.1) is 11.3 Å². The summed E-state index contributed by atoms with van der Waals surface area (Å²) in [4.78, 5) is 11.5. The minimum absolute atomic E-state index is 0.105. The molecule has 0 aliphatic carbocycles. The summed E-state index contributed by atoms with van der Waals surface area (Å²) in [5.74, 6) is 0.732. The predicted molar refractivity (Wildman–Crippen MR) is 74.6 cm³/mol. The molecule has 1 atom stereocenters. The predicted octanol–water partition coefficient (Wildman–Crippen LogP) is 2.91. The van der Waals surface area contributed by atoms with E-state index in [0.29, 0.717) is 12.0 Å². The standard InChI is InChI=1S/C13H14N2O3S/c1-18-12-6-7-19-13(12)10(14)8-9-4-2-3-5-11(9)15(16)17/h2-7,10H,8,14H2,1H3. The second kappa shape index (κ2) is 5.81. The van der Waals surface area contributed by atoms with E-state index in [0.717, 1.165) is 10.6 Å². The number of para-hydroxylation sites is 1. The zero-order valence-corrected chi connectivity index (χ0v) is 11.2.